The first kappa shape index (κ1) is 23.3. The second-order valence-electron chi connectivity index (χ2n) is 8.03. The average Bonchev–Trinajstić information content (AvgIpc) is 2.76. The van der Waals surface area contributed by atoms with E-state index in [0.717, 1.165) is 36.4 Å². The molecule has 174 valence electrons. The van der Waals surface area contributed by atoms with E-state index in [-0.39, 0.29) is 49.3 Å². The molecular formula is C24H21F6N3. The predicted molar refractivity (Wildman–Crippen MR) is 110 cm³/mol. The number of halogens is 6. The Hall–Kier alpha value is -2.88. The number of nitrogens with one attached hydrogen (secondary N) is 1. The quantitative estimate of drug-likeness (QED) is 0.510. The molecule has 0 bridgehead atoms. The van der Waals surface area contributed by atoms with Crippen molar-refractivity contribution in [2.75, 3.05) is 13.1 Å². The fraction of sp³-hybridized carbons (Fsp3) is 0.250. The van der Waals surface area contributed by atoms with E-state index in [4.69, 9.17) is 0 Å². The molecule has 0 unspecified atom stereocenters. The van der Waals surface area contributed by atoms with E-state index >= 15 is 0 Å². The lowest BCUT2D eigenvalue weighted by Crippen LogP contribution is -2.58. The molecule has 4 rings (SSSR count). The molecule has 1 saturated heterocycles. The maximum atomic E-state index is 14.2. The van der Waals surface area contributed by atoms with Gasteiger partial charge >= 0.3 is 0 Å². The Kier molecular flexibility index (Phi) is 7.02. The summed E-state index contributed by atoms with van der Waals surface area (Å²) in [6.45, 7) is -0.0222. The number of rotatable bonds is 6. The number of hydrogen-bond acceptors (Lipinski definition) is 3. The van der Waals surface area contributed by atoms with Crippen LogP contribution in [0.5, 0.6) is 0 Å². The number of hydrogen-bond donors (Lipinski definition) is 1. The van der Waals surface area contributed by atoms with E-state index in [1.54, 1.807) is 0 Å². The first-order chi connectivity index (χ1) is 15.8. The van der Waals surface area contributed by atoms with Crippen molar-refractivity contribution < 1.29 is 26.3 Å². The maximum absolute atomic E-state index is 14.2. The summed E-state index contributed by atoms with van der Waals surface area (Å²) in [6, 6.07) is 10.6. The summed E-state index contributed by atoms with van der Waals surface area (Å²) < 4.78 is 85.2. The number of hydrazine groups is 2. The van der Waals surface area contributed by atoms with Crippen LogP contribution >= 0.6 is 0 Å². The second kappa shape index (κ2) is 9.94. The van der Waals surface area contributed by atoms with Crippen molar-refractivity contribution in [3.05, 3.63) is 106 Å². The highest BCUT2D eigenvalue weighted by molar-refractivity contribution is 5.22. The zero-order valence-electron chi connectivity index (χ0n) is 17.5. The van der Waals surface area contributed by atoms with Gasteiger partial charge in [0.1, 0.15) is 34.9 Å². The SMILES string of the molecule is Fc1cccc(F)c1CC1CN(Cc2c(F)cccc2F)NN(Cc2c(F)cccc2F)C1. The number of nitrogens with zero attached hydrogens (tertiary/aromatic N) is 2. The topological polar surface area (TPSA) is 18.5 Å². The van der Waals surface area contributed by atoms with Gasteiger partial charge < -0.3 is 0 Å². The molecule has 1 aliphatic rings. The fourth-order valence-corrected chi connectivity index (χ4v) is 4.06. The zero-order valence-corrected chi connectivity index (χ0v) is 17.5. The van der Waals surface area contributed by atoms with Gasteiger partial charge in [0, 0.05) is 42.9 Å². The third-order valence-corrected chi connectivity index (χ3v) is 5.62. The Balaban J connectivity index is 1.60. The van der Waals surface area contributed by atoms with Crippen LogP contribution in [-0.4, -0.2) is 23.1 Å². The van der Waals surface area contributed by atoms with Crippen molar-refractivity contribution in [3.63, 3.8) is 0 Å². The van der Waals surface area contributed by atoms with Gasteiger partial charge in [0.2, 0.25) is 0 Å². The van der Waals surface area contributed by atoms with Gasteiger partial charge in [-0.15, -0.1) is 0 Å². The minimum atomic E-state index is -0.745. The summed E-state index contributed by atoms with van der Waals surface area (Å²) in [5.74, 6) is -4.78. The molecule has 1 aliphatic heterocycles. The van der Waals surface area contributed by atoms with E-state index < -0.39 is 40.8 Å². The number of benzene rings is 3. The molecule has 33 heavy (non-hydrogen) atoms. The van der Waals surface area contributed by atoms with Crippen LogP contribution in [0.3, 0.4) is 0 Å². The molecule has 0 atom stereocenters. The monoisotopic (exact) mass is 465 g/mol. The first-order valence-corrected chi connectivity index (χ1v) is 10.4. The molecule has 0 amide bonds. The van der Waals surface area contributed by atoms with Crippen LogP contribution in [0, 0.1) is 40.8 Å². The van der Waals surface area contributed by atoms with Crippen LogP contribution in [0.4, 0.5) is 26.3 Å². The summed E-state index contributed by atoms with van der Waals surface area (Å²) in [5, 5.41) is 2.93. The average molecular weight is 465 g/mol. The van der Waals surface area contributed by atoms with Crippen LogP contribution in [0.1, 0.15) is 16.7 Å². The molecule has 1 fully saturated rings. The highest BCUT2D eigenvalue weighted by Crippen LogP contribution is 2.24. The van der Waals surface area contributed by atoms with Crippen molar-refractivity contribution in [1.29, 1.82) is 0 Å². The molecule has 0 spiro atoms. The molecule has 3 nitrogen and oxygen atoms in total. The van der Waals surface area contributed by atoms with Crippen molar-refractivity contribution in [2.24, 2.45) is 5.92 Å². The highest BCUT2D eigenvalue weighted by Gasteiger charge is 2.29. The van der Waals surface area contributed by atoms with E-state index in [1.807, 2.05) is 0 Å². The lowest BCUT2D eigenvalue weighted by Gasteiger charge is -2.41. The molecule has 0 radical (unpaired) electrons. The molecule has 1 heterocycles. The van der Waals surface area contributed by atoms with Crippen LogP contribution < -0.4 is 5.53 Å². The molecule has 0 aromatic heterocycles. The lowest BCUT2D eigenvalue weighted by atomic mass is 9.96. The molecule has 0 saturated carbocycles. The standard InChI is InChI=1S/C24H21F6N3/c25-19-4-1-5-20(26)16(19)10-15-11-32(13-17-21(27)6-2-7-22(17)28)31-33(12-15)14-18-23(29)8-3-9-24(18)30/h1-9,15,31H,10-14H2. The van der Waals surface area contributed by atoms with Gasteiger partial charge in [0.25, 0.3) is 0 Å². The van der Waals surface area contributed by atoms with Gasteiger partial charge in [0.05, 0.1) is 0 Å². The Morgan fingerprint density at radius 1 is 0.576 bits per heavy atom. The minimum Gasteiger partial charge on any atom is -0.226 e. The largest absolute Gasteiger partial charge is 0.226 e. The molecule has 3 aromatic rings. The minimum absolute atomic E-state index is 0.00725. The Morgan fingerprint density at radius 3 is 1.27 bits per heavy atom. The fourth-order valence-electron chi connectivity index (χ4n) is 4.06. The van der Waals surface area contributed by atoms with Gasteiger partial charge in [-0.1, -0.05) is 18.2 Å². The van der Waals surface area contributed by atoms with Crippen LogP contribution in [-0.2, 0) is 19.5 Å². The van der Waals surface area contributed by atoms with Crippen molar-refractivity contribution in [1.82, 2.24) is 15.6 Å². The second-order valence-corrected chi connectivity index (χ2v) is 8.03. The molecule has 0 aliphatic carbocycles. The van der Waals surface area contributed by atoms with Gasteiger partial charge in [-0.25, -0.2) is 36.4 Å². The van der Waals surface area contributed by atoms with E-state index in [2.05, 4.69) is 5.53 Å². The highest BCUT2D eigenvalue weighted by atomic mass is 19.2. The molecule has 3 aromatic carbocycles. The summed E-state index contributed by atoms with van der Waals surface area (Å²) in [5.41, 5.74) is 2.41. The van der Waals surface area contributed by atoms with E-state index in [0.29, 0.717) is 0 Å². The van der Waals surface area contributed by atoms with Crippen LogP contribution in [0.2, 0.25) is 0 Å². The van der Waals surface area contributed by atoms with Crippen LogP contribution in [0.15, 0.2) is 54.6 Å². The van der Waals surface area contributed by atoms with Crippen molar-refractivity contribution in [3.8, 4) is 0 Å². The van der Waals surface area contributed by atoms with Gasteiger partial charge in [-0.2, -0.15) is 5.53 Å². The van der Waals surface area contributed by atoms with E-state index in [1.165, 1.54) is 28.2 Å². The van der Waals surface area contributed by atoms with E-state index in [9.17, 15) is 26.3 Å². The lowest BCUT2D eigenvalue weighted by molar-refractivity contribution is -0.0561. The molecule has 9 heteroatoms. The Morgan fingerprint density at radius 2 is 0.909 bits per heavy atom. The smallest absolute Gasteiger partial charge is 0.130 e. The summed E-state index contributed by atoms with van der Waals surface area (Å²) in [7, 11) is 0. The Labute approximate surface area is 187 Å². The summed E-state index contributed by atoms with van der Waals surface area (Å²) in [6.07, 6.45) is -0.00725. The van der Waals surface area contributed by atoms with Gasteiger partial charge in [-0.3, -0.25) is 0 Å². The van der Waals surface area contributed by atoms with Gasteiger partial charge in [-0.05, 0) is 48.7 Å². The summed E-state index contributed by atoms with van der Waals surface area (Å²) in [4.78, 5) is 0. The van der Waals surface area contributed by atoms with Crippen LogP contribution in [0.25, 0.3) is 0 Å². The zero-order chi connectivity index (χ0) is 23.5. The van der Waals surface area contributed by atoms with Gasteiger partial charge in [0.15, 0.2) is 0 Å². The van der Waals surface area contributed by atoms with Crippen molar-refractivity contribution in [2.45, 2.75) is 19.5 Å². The summed E-state index contributed by atoms with van der Waals surface area (Å²) >= 11 is 0. The maximum Gasteiger partial charge on any atom is 0.130 e. The predicted octanol–water partition coefficient (Wildman–Crippen LogP) is 5.12. The third kappa shape index (κ3) is 5.38. The Bertz CT molecular complexity index is 931. The van der Waals surface area contributed by atoms with Crippen molar-refractivity contribution >= 4 is 0 Å². The first-order valence-electron chi connectivity index (χ1n) is 10.4. The molecular weight excluding hydrogens is 444 g/mol. The molecule has 1 N–H and O–H groups in total. The third-order valence-electron chi connectivity index (χ3n) is 5.62. The normalized spacial score (nSPS) is 15.8.